The van der Waals surface area contributed by atoms with Crippen LogP contribution in [-0.2, 0) is 0 Å². The normalized spacial score (nSPS) is 19.4. The first-order valence-corrected chi connectivity index (χ1v) is 6.20. The Balaban J connectivity index is 2.21. The second kappa shape index (κ2) is 5.45. The van der Waals surface area contributed by atoms with E-state index in [1.807, 2.05) is 4.90 Å². The minimum absolute atomic E-state index is 0.272. The highest BCUT2D eigenvalue weighted by Crippen LogP contribution is 2.28. The monoisotopic (exact) mass is 250 g/mol. The van der Waals surface area contributed by atoms with Crippen molar-refractivity contribution in [2.24, 2.45) is 5.92 Å². The zero-order valence-electron chi connectivity index (χ0n) is 10.4. The van der Waals surface area contributed by atoms with Crippen LogP contribution in [0.2, 0.25) is 0 Å². The fraction of sp³-hybridized carbons (Fsp3) is 0.500. The van der Waals surface area contributed by atoms with Crippen LogP contribution >= 0.6 is 0 Å². The molecule has 0 saturated carbocycles. The number of piperidine rings is 1. The van der Waals surface area contributed by atoms with E-state index in [1.165, 1.54) is 12.1 Å². The van der Waals surface area contributed by atoms with Crippen LogP contribution in [0, 0.1) is 28.9 Å². The van der Waals surface area contributed by atoms with Gasteiger partial charge >= 0.3 is 0 Å². The fourth-order valence-electron chi connectivity index (χ4n) is 2.36. The smallest absolute Gasteiger partial charge is 0.131 e. The van der Waals surface area contributed by atoms with E-state index in [1.54, 1.807) is 0 Å². The molecule has 1 fully saturated rings. The molecule has 4 heteroatoms. The molecule has 1 aromatic carbocycles. The molecule has 1 aliphatic heterocycles. The minimum Gasteiger partial charge on any atom is -0.284 e. The zero-order valence-corrected chi connectivity index (χ0v) is 10.4. The molecule has 2 rings (SSSR count). The van der Waals surface area contributed by atoms with E-state index in [2.05, 4.69) is 13.0 Å². The van der Waals surface area contributed by atoms with Gasteiger partial charge in [-0.25, -0.2) is 8.78 Å². The lowest BCUT2D eigenvalue weighted by atomic mass is 9.96. The largest absolute Gasteiger partial charge is 0.284 e. The SMILES string of the molecule is CC1CCN(C(C#N)c2ccc(F)cc2F)CC1. The second-order valence-corrected chi connectivity index (χ2v) is 4.92. The van der Waals surface area contributed by atoms with E-state index in [0.29, 0.717) is 5.92 Å². The van der Waals surface area contributed by atoms with Crippen molar-refractivity contribution < 1.29 is 8.78 Å². The Bertz CT molecular complexity index is 459. The Morgan fingerprint density at radius 1 is 1.33 bits per heavy atom. The van der Waals surface area contributed by atoms with Gasteiger partial charge in [0.25, 0.3) is 0 Å². The van der Waals surface area contributed by atoms with Crippen molar-refractivity contribution in [3.05, 3.63) is 35.4 Å². The molecule has 96 valence electrons. The van der Waals surface area contributed by atoms with Gasteiger partial charge in [-0.15, -0.1) is 0 Å². The summed E-state index contributed by atoms with van der Waals surface area (Å²) in [5.74, 6) is -0.598. The highest BCUT2D eigenvalue weighted by Gasteiger charge is 2.26. The second-order valence-electron chi connectivity index (χ2n) is 4.92. The molecule has 1 heterocycles. The highest BCUT2D eigenvalue weighted by molar-refractivity contribution is 5.26. The quantitative estimate of drug-likeness (QED) is 0.805. The third kappa shape index (κ3) is 2.68. The molecular formula is C14H16F2N2. The molecule has 0 amide bonds. The average molecular weight is 250 g/mol. The van der Waals surface area contributed by atoms with Crippen LogP contribution in [-0.4, -0.2) is 18.0 Å². The maximum absolute atomic E-state index is 13.7. The minimum atomic E-state index is -0.639. The van der Waals surface area contributed by atoms with Crippen LogP contribution in [0.4, 0.5) is 8.78 Å². The fourth-order valence-corrected chi connectivity index (χ4v) is 2.36. The van der Waals surface area contributed by atoms with E-state index in [9.17, 15) is 14.0 Å². The summed E-state index contributed by atoms with van der Waals surface area (Å²) in [6.07, 6.45) is 2.03. The number of halogens is 2. The van der Waals surface area contributed by atoms with E-state index < -0.39 is 17.7 Å². The molecule has 0 aromatic heterocycles. The molecule has 1 saturated heterocycles. The Hall–Kier alpha value is -1.47. The summed E-state index contributed by atoms with van der Waals surface area (Å²) in [6, 6.07) is 4.93. The molecule has 18 heavy (non-hydrogen) atoms. The third-order valence-corrected chi connectivity index (χ3v) is 3.56. The lowest BCUT2D eigenvalue weighted by Crippen LogP contribution is -2.36. The van der Waals surface area contributed by atoms with Gasteiger partial charge in [-0.3, -0.25) is 4.90 Å². The number of benzene rings is 1. The van der Waals surface area contributed by atoms with E-state index >= 15 is 0 Å². The zero-order chi connectivity index (χ0) is 13.1. The molecule has 0 spiro atoms. The summed E-state index contributed by atoms with van der Waals surface area (Å²) in [5, 5.41) is 9.24. The molecule has 1 atom stereocenters. The van der Waals surface area contributed by atoms with Crippen LogP contribution in [0.5, 0.6) is 0 Å². The van der Waals surface area contributed by atoms with Gasteiger partial charge in [0.1, 0.15) is 17.7 Å². The Morgan fingerprint density at radius 3 is 2.56 bits per heavy atom. The summed E-state index contributed by atoms with van der Waals surface area (Å²) in [6.45, 7) is 3.75. The lowest BCUT2D eigenvalue weighted by Gasteiger charge is -2.33. The Morgan fingerprint density at radius 2 is 2.00 bits per heavy atom. The van der Waals surface area contributed by atoms with Crippen molar-refractivity contribution in [3.8, 4) is 6.07 Å². The van der Waals surface area contributed by atoms with Gasteiger partial charge in [-0.2, -0.15) is 5.26 Å². The van der Waals surface area contributed by atoms with Gasteiger partial charge < -0.3 is 0 Å². The van der Waals surface area contributed by atoms with Crippen LogP contribution in [0.15, 0.2) is 18.2 Å². The van der Waals surface area contributed by atoms with Gasteiger partial charge in [0, 0.05) is 11.6 Å². The van der Waals surface area contributed by atoms with Crippen LogP contribution in [0.25, 0.3) is 0 Å². The molecule has 1 aliphatic rings. The summed E-state index contributed by atoms with van der Waals surface area (Å²) >= 11 is 0. The highest BCUT2D eigenvalue weighted by atomic mass is 19.1. The van der Waals surface area contributed by atoms with Crippen molar-refractivity contribution >= 4 is 0 Å². The van der Waals surface area contributed by atoms with Crippen molar-refractivity contribution in [2.45, 2.75) is 25.8 Å². The van der Waals surface area contributed by atoms with Crippen LogP contribution < -0.4 is 0 Å². The topological polar surface area (TPSA) is 27.0 Å². The van der Waals surface area contributed by atoms with Crippen molar-refractivity contribution in [1.82, 2.24) is 4.90 Å². The van der Waals surface area contributed by atoms with Crippen molar-refractivity contribution in [3.63, 3.8) is 0 Å². The van der Waals surface area contributed by atoms with E-state index in [-0.39, 0.29) is 5.56 Å². The van der Waals surface area contributed by atoms with Crippen LogP contribution in [0.1, 0.15) is 31.4 Å². The third-order valence-electron chi connectivity index (χ3n) is 3.56. The molecule has 2 nitrogen and oxygen atoms in total. The van der Waals surface area contributed by atoms with E-state index in [0.717, 1.165) is 32.0 Å². The number of rotatable bonds is 2. The van der Waals surface area contributed by atoms with Gasteiger partial charge in [-0.1, -0.05) is 13.0 Å². The first-order chi connectivity index (χ1) is 8.61. The van der Waals surface area contributed by atoms with Gasteiger partial charge in [0.15, 0.2) is 0 Å². The average Bonchev–Trinajstić information content (AvgIpc) is 2.35. The number of likely N-dealkylation sites (tertiary alicyclic amines) is 1. The molecule has 0 bridgehead atoms. The summed E-state index contributed by atoms with van der Waals surface area (Å²) < 4.78 is 26.6. The predicted molar refractivity (Wildman–Crippen MR) is 64.7 cm³/mol. The first-order valence-electron chi connectivity index (χ1n) is 6.20. The van der Waals surface area contributed by atoms with Crippen molar-refractivity contribution in [2.75, 3.05) is 13.1 Å². The summed E-state index contributed by atoms with van der Waals surface area (Å²) in [5.41, 5.74) is 0.272. The van der Waals surface area contributed by atoms with E-state index in [4.69, 9.17) is 0 Å². The molecule has 1 aromatic rings. The predicted octanol–water partition coefficient (Wildman–Crippen LogP) is 3.26. The standard InChI is InChI=1S/C14H16F2N2/c1-10-4-6-18(7-5-10)14(9-17)12-3-2-11(15)8-13(12)16/h2-3,8,10,14H,4-7H2,1H3. The number of hydrogen-bond acceptors (Lipinski definition) is 2. The van der Waals surface area contributed by atoms with Crippen molar-refractivity contribution in [1.29, 1.82) is 5.26 Å². The number of hydrogen-bond donors (Lipinski definition) is 0. The number of nitrogens with zero attached hydrogens (tertiary/aromatic N) is 2. The van der Waals surface area contributed by atoms with Crippen LogP contribution in [0.3, 0.4) is 0 Å². The molecular weight excluding hydrogens is 234 g/mol. The summed E-state index contributed by atoms with van der Waals surface area (Å²) in [7, 11) is 0. The Kier molecular flexibility index (Phi) is 3.93. The van der Waals surface area contributed by atoms with Gasteiger partial charge in [0.2, 0.25) is 0 Å². The van der Waals surface area contributed by atoms with Gasteiger partial charge in [-0.05, 0) is 37.9 Å². The molecule has 0 N–H and O–H groups in total. The summed E-state index contributed by atoms with van der Waals surface area (Å²) in [4.78, 5) is 1.97. The molecule has 1 unspecified atom stereocenters. The number of nitriles is 1. The van der Waals surface area contributed by atoms with Gasteiger partial charge in [0.05, 0.1) is 6.07 Å². The Labute approximate surface area is 106 Å². The molecule has 0 aliphatic carbocycles. The first kappa shape index (κ1) is 13.0. The maximum Gasteiger partial charge on any atom is 0.131 e. The lowest BCUT2D eigenvalue weighted by molar-refractivity contribution is 0.163. The maximum atomic E-state index is 13.7. The molecule has 0 radical (unpaired) electrons.